The standard InChI is InChI=1S/C35H51N5O7/c1-21(2)24-15-18-40(26(24)30(43)37-25(19-22-13-14-22)27(41)29(36)42)31(44)28(34(3,4)5)38-33(46)39-35(16-9-10-17-35)32(45)47-20-23-11-7-6-8-12-23/h6-8,11-12,21-22,24-26,28H,9-10,13-20H2,1-5H3,(H2,36,42)(H,37,43)(H2,38,39,46)/t24-,25?,26+,28-/m1/s1. The van der Waals surface area contributed by atoms with Gasteiger partial charge < -0.3 is 31.3 Å². The Bertz CT molecular complexity index is 1330. The second-order valence-electron chi connectivity index (χ2n) is 14.9. The minimum atomic E-state index is -1.22. The van der Waals surface area contributed by atoms with Crippen LogP contribution in [0.1, 0.15) is 91.5 Å². The van der Waals surface area contributed by atoms with Crippen LogP contribution < -0.4 is 21.7 Å². The van der Waals surface area contributed by atoms with E-state index in [9.17, 15) is 28.8 Å². The molecule has 1 unspecified atom stereocenters. The molecular weight excluding hydrogens is 602 g/mol. The lowest BCUT2D eigenvalue weighted by atomic mass is 9.84. The summed E-state index contributed by atoms with van der Waals surface area (Å²) in [4.78, 5) is 80.9. The molecular formula is C35H51N5O7. The van der Waals surface area contributed by atoms with Crippen molar-refractivity contribution >= 4 is 35.5 Å². The number of rotatable bonds is 13. The zero-order valence-electron chi connectivity index (χ0n) is 28.3. The first-order valence-corrected chi connectivity index (χ1v) is 16.9. The third-order valence-corrected chi connectivity index (χ3v) is 9.80. The number of carbonyl (C=O) groups excluding carboxylic acids is 6. The van der Waals surface area contributed by atoms with Gasteiger partial charge in [0.05, 0.1) is 6.04 Å². The number of ether oxygens (including phenoxy) is 1. The molecule has 258 valence electrons. The number of ketones is 1. The number of Topliss-reactive ketones (excluding diaryl/α,β-unsaturated/α-hetero) is 1. The fourth-order valence-electron chi connectivity index (χ4n) is 6.86. The van der Waals surface area contributed by atoms with Crippen LogP contribution in [0.25, 0.3) is 0 Å². The molecule has 1 aromatic carbocycles. The molecule has 4 atom stereocenters. The quantitative estimate of drug-likeness (QED) is 0.187. The van der Waals surface area contributed by atoms with Crippen LogP contribution in [-0.2, 0) is 35.3 Å². The van der Waals surface area contributed by atoms with Gasteiger partial charge in [-0.2, -0.15) is 0 Å². The van der Waals surface area contributed by atoms with Gasteiger partial charge in [0.25, 0.3) is 5.91 Å². The molecule has 1 heterocycles. The lowest BCUT2D eigenvalue weighted by Gasteiger charge is -2.37. The van der Waals surface area contributed by atoms with E-state index in [-0.39, 0.29) is 30.9 Å². The van der Waals surface area contributed by atoms with Crippen molar-refractivity contribution in [3.05, 3.63) is 35.9 Å². The average Bonchev–Trinajstić information content (AvgIpc) is 3.50. The van der Waals surface area contributed by atoms with E-state index in [1.807, 2.05) is 65.0 Å². The predicted molar refractivity (Wildman–Crippen MR) is 174 cm³/mol. The van der Waals surface area contributed by atoms with Crippen LogP contribution in [0.5, 0.6) is 0 Å². The van der Waals surface area contributed by atoms with Gasteiger partial charge >= 0.3 is 12.0 Å². The van der Waals surface area contributed by atoms with Crippen LogP contribution in [0.15, 0.2) is 30.3 Å². The number of hydrogen-bond acceptors (Lipinski definition) is 7. The third kappa shape index (κ3) is 8.90. The van der Waals surface area contributed by atoms with Crippen molar-refractivity contribution in [2.75, 3.05) is 6.54 Å². The van der Waals surface area contributed by atoms with Gasteiger partial charge in [-0.25, -0.2) is 9.59 Å². The maximum absolute atomic E-state index is 14.3. The molecule has 1 aliphatic heterocycles. The highest BCUT2D eigenvalue weighted by atomic mass is 16.5. The fourth-order valence-corrected chi connectivity index (χ4v) is 6.86. The normalized spacial score (nSPS) is 21.9. The molecule has 0 aromatic heterocycles. The molecule has 5 N–H and O–H groups in total. The molecule has 47 heavy (non-hydrogen) atoms. The average molecular weight is 654 g/mol. The zero-order chi connectivity index (χ0) is 34.5. The lowest BCUT2D eigenvalue weighted by Crippen LogP contribution is -2.63. The number of nitrogens with two attached hydrogens (primary N) is 1. The van der Waals surface area contributed by atoms with Gasteiger partial charge in [0, 0.05) is 6.54 Å². The van der Waals surface area contributed by atoms with Crippen molar-refractivity contribution in [2.45, 2.75) is 116 Å². The van der Waals surface area contributed by atoms with E-state index < -0.39 is 64.6 Å². The Labute approximate surface area is 277 Å². The summed E-state index contributed by atoms with van der Waals surface area (Å²) in [7, 11) is 0. The summed E-state index contributed by atoms with van der Waals surface area (Å²) in [5.74, 6) is -3.38. The molecule has 3 aliphatic rings. The number of esters is 1. The van der Waals surface area contributed by atoms with Gasteiger partial charge in [0.2, 0.25) is 17.6 Å². The number of urea groups is 1. The van der Waals surface area contributed by atoms with Crippen LogP contribution >= 0.6 is 0 Å². The highest BCUT2D eigenvalue weighted by Crippen LogP contribution is 2.36. The first-order chi connectivity index (χ1) is 22.1. The number of nitrogens with zero attached hydrogens (tertiary/aromatic N) is 1. The SMILES string of the molecule is CC(C)[C@H]1CCN(C(=O)[C@@H](NC(=O)NC2(C(=O)OCc3ccccc3)CCCC2)C(C)(C)C)[C@@H]1C(=O)NC(CC1CC1)C(=O)C(N)=O. The van der Waals surface area contributed by atoms with Gasteiger partial charge in [-0.1, -0.05) is 90.6 Å². The Kier molecular flexibility index (Phi) is 11.3. The van der Waals surface area contributed by atoms with Crippen molar-refractivity contribution in [3.8, 4) is 0 Å². The molecule has 0 bridgehead atoms. The minimum absolute atomic E-state index is 0.0331. The Balaban J connectivity index is 1.50. The summed E-state index contributed by atoms with van der Waals surface area (Å²) >= 11 is 0. The Morgan fingerprint density at radius 3 is 2.17 bits per heavy atom. The van der Waals surface area contributed by atoms with Gasteiger partial charge in [0.15, 0.2) is 0 Å². The summed E-state index contributed by atoms with van der Waals surface area (Å²) < 4.78 is 5.63. The van der Waals surface area contributed by atoms with Gasteiger partial charge in [-0.05, 0) is 54.4 Å². The molecule has 1 saturated heterocycles. The van der Waals surface area contributed by atoms with Crippen molar-refractivity contribution in [2.24, 2.45) is 28.9 Å². The second-order valence-corrected chi connectivity index (χ2v) is 14.9. The molecule has 12 heteroatoms. The lowest BCUT2D eigenvalue weighted by molar-refractivity contribution is -0.152. The number of carbonyl (C=O) groups is 6. The van der Waals surface area contributed by atoms with Crippen LogP contribution in [0.3, 0.4) is 0 Å². The molecule has 3 fully saturated rings. The first kappa shape index (κ1) is 35.9. The maximum Gasteiger partial charge on any atom is 0.332 e. The zero-order valence-corrected chi connectivity index (χ0v) is 28.3. The Hall–Kier alpha value is -3.96. The van der Waals surface area contributed by atoms with E-state index in [1.54, 1.807) is 0 Å². The number of hydrogen-bond donors (Lipinski definition) is 4. The van der Waals surface area contributed by atoms with E-state index in [2.05, 4.69) is 16.0 Å². The van der Waals surface area contributed by atoms with Crippen LogP contribution in [0.2, 0.25) is 0 Å². The number of benzene rings is 1. The Morgan fingerprint density at radius 2 is 1.62 bits per heavy atom. The topological polar surface area (TPSA) is 177 Å². The summed E-state index contributed by atoms with van der Waals surface area (Å²) in [6.45, 7) is 9.76. The third-order valence-electron chi connectivity index (χ3n) is 9.80. The van der Waals surface area contributed by atoms with E-state index in [4.69, 9.17) is 10.5 Å². The van der Waals surface area contributed by atoms with E-state index in [0.29, 0.717) is 25.7 Å². The van der Waals surface area contributed by atoms with E-state index in [0.717, 1.165) is 31.2 Å². The summed E-state index contributed by atoms with van der Waals surface area (Å²) in [5.41, 5.74) is 4.15. The van der Waals surface area contributed by atoms with Gasteiger partial charge in [0.1, 0.15) is 24.2 Å². The fraction of sp³-hybridized carbons (Fsp3) is 0.657. The molecule has 4 rings (SSSR count). The largest absolute Gasteiger partial charge is 0.459 e. The minimum Gasteiger partial charge on any atom is -0.459 e. The summed E-state index contributed by atoms with van der Waals surface area (Å²) in [5, 5.41) is 8.44. The second kappa shape index (κ2) is 14.9. The van der Waals surface area contributed by atoms with Gasteiger partial charge in [-0.15, -0.1) is 0 Å². The molecule has 12 nitrogen and oxygen atoms in total. The molecule has 0 spiro atoms. The van der Waals surface area contributed by atoms with Crippen LogP contribution in [-0.4, -0.2) is 70.6 Å². The van der Waals surface area contributed by atoms with Gasteiger partial charge in [-0.3, -0.25) is 19.2 Å². The van der Waals surface area contributed by atoms with Crippen molar-refractivity contribution in [3.63, 3.8) is 0 Å². The predicted octanol–water partition coefficient (Wildman–Crippen LogP) is 2.97. The molecule has 0 radical (unpaired) electrons. The smallest absolute Gasteiger partial charge is 0.332 e. The molecule has 2 saturated carbocycles. The van der Waals surface area contributed by atoms with Crippen molar-refractivity contribution < 1.29 is 33.5 Å². The van der Waals surface area contributed by atoms with E-state index >= 15 is 0 Å². The number of primary amides is 1. The number of amides is 5. The molecule has 5 amide bonds. The summed E-state index contributed by atoms with van der Waals surface area (Å²) in [6, 6.07) is 5.62. The first-order valence-electron chi connectivity index (χ1n) is 16.9. The Morgan fingerprint density at radius 1 is 0.979 bits per heavy atom. The highest BCUT2D eigenvalue weighted by molar-refractivity contribution is 6.37. The van der Waals surface area contributed by atoms with Crippen molar-refractivity contribution in [1.82, 2.24) is 20.9 Å². The number of nitrogens with one attached hydrogen (secondary N) is 3. The molecule has 2 aliphatic carbocycles. The van der Waals surface area contributed by atoms with E-state index in [1.165, 1.54) is 4.90 Å². The number of likely N-dealkylation sites (tertiary alicyclic amines) is 1. The molecule has 1 aromatic rings. The van der Waals surface area contributed by atoms with Crippen LogP contribution in [0.4, 0.5) is 4.79 Å². The van der Waals surface area contributed by atoms with Crippen LogP contribution in [0, 0.1) is 23.2 Å². The monoisotopic (exact) mass is 653 g/mol. The summed E-state index contributed by atoms with van der Waals surface area (Å²) in [6.07, 6.45) is 5.01. The maximum atomic E-state index is 14.3. The van der Waals surface area contributed by atoms with Crippen molar-refractivity contribution in [1.29, 1.82) is 0 Å². The highest BCUT2D eigenvalue weighted by Gasteiger charge is 2.49.